The number of aliphatic hydroxyl groups is 2. The van der Waals surface area contributed by atoms with Crippen LogP contribution < -0.4 is 0 Å². The van der Waals surface area contributed by atoms with E-state index in [1.807, 2.05) is 109 Å². The van der Waals surface area contributed by atoms with Gasteiger partial charge in [-0.15, -0.1) is 0 Å². The Morgan fingerprint density at radius 3 is 0.646 bits per heavy atom. The molecule has 6 aromatic carbocycles. The molecule has 0 heterocycles. The molecule has 0 spiro atoms. The second kappa shape index (κ2) is 40.4. The van der Waals surface area contributed by atoms with Crippen molar-refractivity contribution in [3.05, 3.63) is 215 Å². The zero-order chi connectivity index (χ0) is 57.4. The zero-order valence-corrected chi connectivity index (χ0v) is 50.8. The molecule has 82 heavy (non-hydrogen) atoms. The molecule has 0 unspecified atom stereocenters. The lowest BCUT2D eigenvalue weighted by Crippen LogP contribution is -2.51. The fourth-order valence-corrected chi connectivity index (χ4v) is 11.9. The molecule has 2 N–H and O–H groups in total. The van der Waals surface area contributed by atoms with E-state index in [4.69, 9.17) is 18.9 Å². The largest absolute Gasteiger partial charge is 0.388 e. The lowest BCUT2D eigenvalue weighted by Gasteiger charge is -2.40. The molecule has 0 bridgehead atoms. The Bertz CT molecular complexity index is 2050. The van der Waals surface area contributed by atoms with E-state index in [0.29, 0.717) is 13.2 Å². The summed E-state index contributed by atoms with van der Waals surface area (Å²) >= 11 is 0. The molecule has 0 radical (unpaired) electrons. The second-order valence-corrected chi connectivity index (χ2v) is 23.2. The molecule has 0 fully saturated rings. The van der Waals surface area contributed by atoms with Gasteiger partial charge in [-0.1, -0.05) is 363 Å². The Morgan fingerprint density at radius 1 is 0.268 bits per heavy atom. The molecule has 6 heteroatoms. The predicted octanol–water partition coefficient (Wildman–Crippen LogP) is 19.5. The zero-order valence-electron chi connectivity index (χ0n) is 50.8. The third-order valence-electron chi connectivity index (χ3n) is 16.8. The van der Waals surface area contributed by atoms with Crippen molar-refractivity contribution in [1.29, 1.82) is 0 Å². The van der Waals surface area contributed by atoms with Crippen molar-refractivity contribution >= 4 is 0 Å². The van der Waals surface area contributed by atoms with Crippen molar-refractivity contribution in [3.63, 3.8) is 0 Å². The molecule has 0 saturated heterocycles. The number of unbranched alkanes of at least 4 members (excludes halogenated alkanes) is 26. The molecule has 0 aliphatic rings. The molecule has 0 aromatic heterocycles. The molecule has 0 aliphatic carbocycles. The third-order valence-corrected chi connectivity index (χ3v) is 16.8. The van der Waals surface area contributed by atoms with Crippen LogP contribution in [0.3, 0.4) is 0 Å². The van der Waals surface area contributed by atoms with Gasteiger partial charge in [0.2, 0.25) is 0 Å². The Hall–Kier alpha value is -4.92. The van der Waals surface area contributed by atoms with Gasteiger partial charge in [-0.25, -0.2) is 0 Å². The molecular weight excluding hydrogens is 1010 g/mol. The number of hydrogen-bond acceptors (Lipinski definition) is 6. The average Bonchev–Trinajstić information content (AvgIpc) is 2.75. The van der Waals surface area contributed by atoms with Crippen LogP contribution in [-0.2, 0) is 30.1 Å². The Morgan fingerprint density at radius 2 is 0.451 bits per heavy atom. The molecule has 0 aliphatic heterocycles. The van der Waals surface area contributed by atoms with E-state index in [9.17, 15) is 10.2 Å². The van der Waals surface area contributed by atoms with Crippen LogP contribution in [-0.4, -0.2) is 61.1 Å². The first-order valence-electron chi connectivity index (χ1n) is 32.7. The normalized spacial score (nSPS) is 13.5. The highest BCUT2D eigenvalue weighted by Crippen LogP contribution is 2.43. The first-order valence-corrected chi connectivity index (χ1v) is 32.7. The first kappa shape index (κ1) is 66.2. The monoisotopic (exact) mass is 1110 g/mol. The molecule has 6 rings (SSSR count). The highest BCUT2D eigenvalue weighted by molar-refractivity contribution is 5.49. The van der Waals surface area contributed by atoms with Gasteiger partial charge in [0, 0.05) is 13.2 Å². The van der Waals surface area contributed by atoms with E-state index in [1.54, 1.807) is 0 Å². The highest BCUT2D eigenvalue weighted by Gasteiger charge is 2.43. The quantitative estimate of drug-likeness (QED) is 0.0293. The smallest absolute Gasteiger partial charge is 0.143 e. The van der Waals surface area contributed by atoms with Crippen LogP contribution in [0.4, 0.5) is 0 Å². The van der Waals surface area contributed by atoms with Crippen LogP contribution in [0.25, 0.3) is 0 Å². The molecule has 6 nitrogen and oxygen atoms in total. The maximum absolute atomic E-state index is 12.9. The van der Waals surface area contributed by atoms with Gasteiger partial charge in [-0.05, 0) is 46.2 Å². The summed E-state index contributed by atoms with van der Waals surface area (Å²) in [6.07, 6.45) is 30.7. The Labute approximate surface area is 497 Å². The second-order valence-electron chi connectivity index (χ2n) is 23.2. The van der Waals surface area contributed by atoms with Gasteiger partial charge in [0.05, 0.1) is 13.2 Å². The average molecular weight is 1120 g/mol. The van der Waals surface area contributed by atoms with Crippen molar-refractivity contribution in [3.8, 4) is 0 Å². The van der Waals surface area contributed by atoms with Crippen molar-refractivity contribution in [2.24, 2.45) is 0 Å². The Kier molecular flexibility index (Phi) is 32.6. The van der Waals surface area contributed by atoms with Gasteiger partial charge in [0.1, 0.15) is 35.6 Å². The van der Waals surface area contributed by atoms with Crippen LogP contribution >= 0.6 is 0 Å². The number of hydrogen-bond donors (Lipinski definition) is 2. The van der Waals surface area contributed by atoms with Gasteiger partial charge in [-0.3, -0.25) is 0 Å². The van der Waals surface area contributed by atoms with E-state index < -0.39 is 35.6 Å². The summed E-state index contributed by atoms with van der Waals surface area (Å²) in [7, 11) is 0. The van der Waals surface area contributed by atoms with Gasteiger partial charge in [0.15, 0.2) is 0 Å². The Balaban J connectivity index is 1.21. The van der Waals surface area contributed by atoms with Crippen molar-refractivity contribution in [2.45, 2.75) is 229 Å². The minimum absolute atomic E-state index is 0.00989. The first-order chi connectivity index (χ1) is 40.5. The van der Waals surface area contributed by atoms with Crippen molar-refractivity contribution in [1.82, 2.24) is 0 Å². The number of ether oxygens (including phenoxy) is 4. The number of rotatable bonds is 47. The van der Waals surface area contributed by atoms with Gasteiger partial charge >= 0.3 is 0 Å². The lowest BCUT2D eigenvalue weighted by atomic mass is 9.80. The summed E-state index contributed by atoms with van der Waals surface area (Å²) in [5.74, 6) is 0. The third kappa shape index (κ3) is 21.9. The van der Waals surface area contributed by atoms with Crippen LogP contribution in [0, 0.1) is 0 Å². The van der Waals surface area contributed by atoms with Crippen LogP contribution in [0.5, 0.6) is 0 Å². The summed E-state index contributed by atoms with van der Waals surface area (Å²) < 4.78 is 28.4. The molecular formula is C76H106O6. The molecule has 6 aromatic rings. The summed E-state index contributed by atoms with van der Waals surface area (Å²) in [4.78, 5) is 0. The van der Waals surface area contributed by atoms with Gasteiger partial charge in [0.25, 0.3) is 0 Å². The fraction of sp³-hybridized carbons (Fsp3) is 0.526. The van der Waals surface area contributed by atoms with Crippen LogP contribution in [0.1, 0.15) is 227 Å². The predicted molar refractivity (Wildman–Crippen MR) is 342 cm³/mol. The standard InChI is InChI=1S/C76H106O6/c1-3-5-7-9-11-13-15-17-19-21-23-25-27-47-61-79-71(63-81-75(65-49-35-29-36-50-65,66-51-37-30-38-52-66)67-53-39-31-40-54-67)73(77)74(78)72(80-62-48-28-26-24-22-20-18-16-14-12-10-8-6-4-2)64-82-76(68-55-41-32-42-56-68,69-57-43-33-44-58-69)70-59-45-34-46-60-70/h29-46,49-60,71-74,77-78H,3-28,47-48,61-64H2,1-2H3/t71-,72-,73-,74-/m1/s1. The number of benzene rings is 6. The van der Waals surface area contributed by atoms with Crippen LogP contribution in [0.2, 0.25) is 0 Å². The molecule has 446 valence electrons. The molecule has 0 amide bonds. The molecule has 4 atom stereocenters. The van der Waals surface area contributed by atoms with Gasteiger partial charge in [-0.2, -0.15) is 0 Å². The highest BCUT2D eigenvalue weighted by atomic mass is 16.6. The van der Waals surface area contributed by atoms with E-state index in [1.165, 1.54) is 141 Å². The summed E-state index contributed by atoms with van der Waals surface area (Å²) in [6.45, 7) is 5.39. The van der Waals surface area contributed by atoms with Crippen molar-refractivity contribution < 1.29 is 29.2 Å². The van der Waals surface area contributed by atoms with Gasteiger partial charge < -0.3 is 29.2 Å². The summed E-state index contributed by atoms with van der Waals surface area (Å²) in [6, 6.07) is 61.9. The minimum atomic E-state index is -1.39. The SMILES string of the molecule is CCCCCCCCCCCCCCCCO[C@H](COC(c1ccccc1)(c1ccccc1)c1ccccc1)[C@@H](O)[C@H](O)[C@@H](COC(c1ccccc1)(c1ccccc1)c1ccccc1)OCCCCCCCCCCCCCCCC. The maximum Gasteiger partial charge on any atom is 0.143 e. The fourth-order valence-electron chi connectivity index (χ4n) is 11.9. The lowest BCUT2D eigenvalue weighted by molar-refractivity contribution is -0.177. The topological polar surface area (TPSA) is 77.4 Å². The van der Waals surface area contributed by atoms with E-state index in [0.717, 1.165) is 71.9 Å². The maximum atomic E-state index is 12.9. The van der Waals surface area contributed by atoms with Crippen molar-refractivity contribution in [2.75, 3.05) is 26.4 Å². The van der Waals surface area contributed by atoms with E-state index in [2.05, 4.69) is 86.6 Å². The number of aliphatic hydroxyl groups excluding tert-OH is 2. The van der Waals surface area contributed by atoms with E-state index >= 15 is 0 Å². The minimum Gasteiger partial charge on any atom is -0.388 e. The van der Waals surface area contributed by atoms with E-state index in [-0.39, 0.29) is 13.2 Å². The summed E-state index contributed by atoms with van der Waals surface area (Å²) in [5, 5.41) is 25.8. The summed E-state index contributed by atoms with van der Waals surface area (Å²) in [5.41, 5.74) is 3.61. The molecule has 0 saturated carbocycles. The van der Waals surface area contributed by atoms with Crippen LogP contribution in [0.15, 0.2) is 182 Å².